The molecule has 0 radical (unpaired) electrons. The molecule has 10 heteroatoms. The van der Waals surface area contributed by atoms with Gasteiger partial charge in [-0.1, -0.05) is 11.3 Å². The van der Waals surface area contributed by atoms with Gasteiger partial charge in [0.2, 0.25) is 0 Å². The van der Waals surface area contributed by atoms with E-state index in [-0.39, 0.29) is 13.0 Å². The fraction of sp³-hybridized carbons (Fsp3) is 0.211. The molecule has 0 bridgehead atoms. The molecule has 0 saturated carbocycles. The molecule has 8 nitrogen and oxygen atoms in total. The molecule has 29 heavy (non-hydrogen) atoms. The van der Waals surface area contributed by atoms with Crippen molar-refractivity contribution in [1.29, 1.82) is 5.26 Å². The Morgan fingerprint density at radius 2 is 1.93 bits per heavy atom. The summed E-state index contributed by atoms with van der Waals surface area (Å²) in [5.74, 6) is -0.216. The monoisotopic (exact) mass is 428 g/mol. The summed E-state index contributed by atoms with van der Waals surface area (Å²) in [5.41, 5.74) is 1.13. The van der Waals surface area contributed by atoms with Gasteiger partial charge < -0.3 is 9.84 Å². The minimum atomic E-state index is -0.887. The molecule has 0 atom stereocenters. The molecule has 0 unspecified atom stereocenters. The van der Waals surface area contributed by atoms with E-state index < -0.39 is 12.1 Å². The van der Waals surface area contributed by atoms with Crippen molar-refractivity contribution in [1.82, 2.24) is 9.97 Å². The van der Waals surface area contributed by atoms with Gasteiger partial charge in [0, 0.05) is 13.0 Å². The van der Waals surface area contributed by atoms with E-state index in [1.54, 1.807) is 24.3 Å². The first-order chi connectivity index (χ1) is 14.0. The van der Waals surface area contributed by atoms with Gasteiger partial charge in [0.25, 0.3) is 0 Å². The standard InChI is InChI=1S/C19H16N4O4S2/c20-11-12-4-6-13(7-5-12)27-19(26)23(10-2-1-3-16(24)25)15-9-8-14-17(22-15)29-18(28)21-14/h4-9H,1-3,10H2,(H,21,28)(H,24,25). The lowest BCUT2D eigenvalue weighted by atomic mass is 10.2. The van der Waals surface area contributed by atoms with E-state index in [0.29, 0.717) is 44.7 Å². The maximum Gasteiger partial charge on any atom is 0.420 e. The van der Waals surface area contributed by atoms with Crippen molar-refractivity contribution in [3.63, 3.8) is 0 Å². The highest BCUT2D eigenvalue weighted by atomic mass is 32.2. The van der Waals surface area contributed by atoms with E-state index in [1.807, 2.05) is 6.07 Å². The Morgan fingerprint density at radius 1 is 1.17 bits per heavy atom. The molecule has 0 aliphatic heterocycles. The Morgan fingerprint density at radius 3 is 2.62 bits per heavy atom. The average molecular weight is 428 g/mol. The molecule has 0 aliphatic rings. The van der Waals surface area contributed by atoms with Crippen LogP contribution in [-0.2, 0) is 4.79 Å². The second-order valence-corrected chi connectivity index (χ2v) is 7.70. The van der Waals surface area contributed by atoms with E-state index in [9.17, 15) is 9.59 Å². The molecule has 1 N–H and O–H groups in total. The summed E-state index contributed by atoms with van der Waals surface area (Å²) >= 11 is 5.51. The molecule has 3 rings (SSSR count). The van der Waals surface area contributed by atoms with Crippen LogP contribution in [0, 0.1) is 11.3 Å². The molecule has 0 spiro atoms. The van der Waals surface area contributed by atoms with Gasteiger partial charge in [-0.25, -0.2) is 14.8 Å². The zero-order chi connectivity index (χ0) is 20.8. The number of pyridine rings is 1. The van der Waals surface area contributed by atoms with Gasteiger partial charge in [-0.2, -0.15) is 5.26 Å². The maximum absolute atomic E-state index is 12.8. The van der Waals surface area contributed by atoms with Crippen molar-refractivity contribution in [2.24, 2.45) is 0 Å². The van der Waals surface area contributed by atoms with Crippen molar-refractivity contribution in [2.75, 3.05) is 11.4 Å². The number of aromatic nitrogens is 2. The lowest BCUT2D eigenvalue weighted by Crippen LogP contribution is -2.35. The second kappa shape index (κ2) is 9.36. The number of carbonyl (C=O) groups is 2. The van der Waals surface area contributed by atoms with Crippen LogP contribution >= 0.6 is 24.0 Å². The SMILES string of the molecule is N#Cc1ccc(OC(=O)N(CCCCC(=O)O)c2ccc3nc(S)sc3n2)cc1. The van der Waals surface area contributed by atoms with E-state index in [1.165, 1.54) is 28.4 Å². The van der Waals surface area contributed by atoms with E-state index in [4.69, 9.17) is 15.1 Å². The van der Waals surface area contributed by atoms with Crippen LogP contribution in [0.5, 0.6) is 5.75 Å². The summed E-state index contributed by atoms with van der Waals surface area (Å²) in [6, 6.07) is 11.6. The number of carbonyl (C=O) groups excluding carboxylic acids is 1. The normalized spacial score (nSPS) is 10.5. The molecule has 148 valence electrons. The van der Waals surface area contributed by atoms with Gasteiger partial charge in [0.1, 0.15) is 26.3 Å². The number of rotatable bonds is 7. The number of benzene rings is 1. The summed E-state index contributed by atoms with van der Waals surface area (Å²) < 4.78 is 5.99. The van der Waals surface area contributed by atoms with Gasteiger partial charge in [-0.15, -0.1) is 12.6 Å². The summed E-state index contributed by atoms with van der Waals surface area (Å²) in [6.07, 6.45) is 0.254. The van der Waals surface area contributed by atoms with E-state index in [2.05, 4.69) is 22.6 Å². The number of anilines is 1. The van der Waals surface area contributed by atoms with Gasteiger partial charge in [0.05, 0.1) is 11.6 Å². The number of amides is 1. The Hall–Kier alpha value is -3.16. The fourth-order valence-electron chi connectivity index (χ4n) is 2.55. The highest BCUT2D eigenvalue weighted by Gasteiger charge is 2.20. The Labute approximate surface area is 175 Å². The number of nitriles is 1. The quantitative estimate of drug-likeness (QED) is 0.429. The van der Waals surface area contributed by atoms with Crippen LogP contribution in [0.4, 0.5) is 10.6 Å². The Bertz CT molecular complexity index is 1080. The van der Waals surface area contributed by atoms with Crippen LogP contribution in [0.2, 0.25) is 0 Å². The number of fused-ring (bicyclic) bond motifs is 1. The first-order valence-electron chi connectivity index (χ1n) is 8.64. The Balaban J connectivity index is 1.80. The number of carboxylic acid groups (broad SMARTS) is 1. The number of aliphatic carboxylic acids is 1. The third kappa shape index (κ3) is 5.43. The molecule has 2 aromatic heterocycles. The third-order valence-corrected chi connectivity index (χ3v) is 5.08. The zero-order valence-electron chi connectivity index (χ0n) is 15.1. The van der Waals surface area contributed by atoms with Crippen LogP contribution < -0.4 is 9.64 Å². The summed E-state index contributed by atoms with van der Waals surface area (Å²) in [7, 11) is 0. The van der Waals surface area contributed by atoms with Crippen molar-refractivity contribution < 1.29 is 19.4 Å². The van der Waals surface area contributed by atoms with Gasteiger partial charge in [-0.3, -0.25) is 9.69 Å². The average Bonchev–Trinajstić information content (AvgIpc) is 3.07. The van der Waals surface area contributed by atoms with Gasteiger partial charge >= 0.3 is 12.1 Å². The molecular weight excluding hydrogens is 412 g/mol. The molecule has 0 aliphatic carbocycles. The van der Waals surface area contributed by atoms with Crippen LogP contribution in [-0.4, -0.2) is 33.7 Å². The molecule has 1 aromatic carbocycles. The van der Waals surface area contributed by atoms with Crippen LogP contribution in [0.15, 0.2) is 40.7 Å². The minimum absolute atomic E-state index is 0.0167. The van der Waals surface area contributed by atoms with Crippen molar-refractivity contribution in [3.05, 3.63) is 42.0 Å². The first-order valence-corrected chi connectivity index (χ1v) is 9.90. The number of carboxylic acids is 1. The van der Waals surface area contributed by atoms with E-state index in [0.717, 1.165) is 0 Å². The minimum Gasteiger partial charge on any atom is -0.481 e. The summed E-state index contributed by atoms with van der Waals surface area (Å²) in [4.78, 5) is 34.2. The van der Waals surface area contributed by atoms with Crippen molar-refractivity contribution in [3.8, 4) is 11.8 Å². The van der Waals surface area contributed by atoms with Crippen molar-refractivity contribution >= 4 is 52.2 Å². The molecule has 0 saturated heterocycles. The largest absolute Gasteiger partial charge is 0.481 e. The number of nitrogens with zero attached hydrogens (tertiary/aromatic N) is 4. The van der Waals surface area contributed by atoms with Gasteiger partial charge in [-0.05, 0) is 49.2 Å². The van der Waals surface area contributed by atoms with Crippen LogP contribution in [0.25, 0.3) is 10.3 Å². The van der Waals surface area contributed by atoms with E-state index >= 15 is 0 Å². The first kappa shape index (κ1) is 20.6. The molecule has 0 fully saturated rings. The van der Waals surface area contributed by atoms with Gasteiger partial charge in [0.15, 0.2) is 0 Å². The second-order valence-electron chi connectivity index (χ2n) is 6.00. The zero-order valence-corrected chi connectivity index (χ0v) is 16.8. The summed E-state index contributed by atoms with van der Waals surface area (Å²) in [5, 5.41) is 17.7. The lowest BCUT2D eigenvalue weighted by Gasteiger charge is -2.21. The van der Waals surface area contributed by atoms with Crippen molar-refractivity contribution in [2.45, 2.75) is 23.6 Å². The van der Waals surface area contributed by atoms with Crippen LogP contribution in [0.3, 0.4) is 0 Å². The summed E-state index contributed by atoms with van der Waals surface area (Å²) in [6.45, 7) is 0.243. The number of ether oxygens (including phenoxy) is 1. The predicted molar refractivity (Wildman–Crippen MR) is 111 cm³/mol. The number of hydrogen-bond donors (Lipinski definition) is 2. The smallest absolute Gasteiger partial charge is 0.420 e. The lowest BCUT2D eigenvalue weighted by molar-refractivity contribution is -0.137. The fourth-order valence-corrected chi connectivity index (χ4v) is 3.59. The molecule has 1 amide bonds. The predicted octanol–water partition coefficient (Wildman–Crippen LogP) is 4.11. The van der Waals surface area contributed by atoms with Crippen LogP contribution in [0.1, 0.15) is 24.8 Å². The number of thiol groups is 1. The highest BCUT2D eigenvalue weighted by molar-refractivity contribution is 7.82. The molecule has 3 aromatic rings. The number of unbranched alkanes of at least 4 members (excludes halogenated alkanes) is 1. The maximum atomic E-state index is 12.8. The number of hydrogen-bond acceptors (Lipinski definition) is 8. The highest BCUT2D eigenvalue weighted by Crippen LogP contribution is 2.26. The molecule has 2 heterocycles. The number of thiazole rings is 1. The third-order valence-electron chi connectivity index (χ3n) is 3.94. The Kier molecular flexibility index (Phi) is 6.64. The molecular formula is C19H16N4O4S2. The topological polar surface area (TPSA) is 116 Å².